The number of hydrogen-bond acceptors (Lipinski definition) is 4. The largest absolute Gasteiger partial charge is 0.368 e. The Bertz CT molecular complexity index is 519. The third kappa shape index (κ3) is 2.67. The van der Waals surface area contributed by atoms with Crippen molar-refractivity contribution in [1.29, 1.82) is 0 Å². The molecule has 2 aliphatic rings. The zero-order valence-electron chi connectivity index (χ0n) is 12.2. The number of nitrogens with zero attached hydrogens (tertiary/aromatic N) is 3. The summed E-state index contributed by atoms with van der Waals surface area (Å²) in [6.07, 6.45) is 6.50. The van der Waals surface area contributed by atoms with Crippen LogP contribution in [-0.4, -0.2) is 52.4 Å². The summed E-state index contributed by atoms with van der Waals surface area (Å²) in [5.74, 6) is 0.0867. The molecule has 3 rings (SSSR count). The molecule has 1 amide bonds. The fraction of sp³-hybridized carbons (Fsp3) is 0.714. The van der Waals surface area contributed by atoms with Gasteiger partial charge in [-0.05, 0) is 12.8 Å². The van der Waals surface area contributed by atoms with Gasteiger partial charge < -0.3 is 15.4 Å². The van der Waals surface area contributed by atoms with Gasteiger partial charge in [0.1, 0.15) is 5.60 Å². The number of carbonyl (C=O) groups is 1. The Morgan fingerprint density at radius 1 is 1.48 bits per heavy atom. The Labute approximate surface area is 129 Å². The Morgan fingerprint density at radius 3 is 2.62 bits per heavy atom. The maximum absolute atomic E-state index is 12.6. The van der Waals surface area contributed by atoms with E-state index in [1.54, 1.807) is 13.3 Å². The van der Waals surface area contributed by atoms with E-state index in [1.165, 1.54) is 0 Å². The number of nitrogens with two attached hydrogens (primary N) is 1. The maximum atomic E-state index is 12.6. The molecule has 1 aromatic heterocycles. The highest BCUT2D eigenvalue weighted by molar-refractivity contribution is 6.30. The molecule has 6 nitrogen and oxygen atoms in total. The van der Waals surface area contributed by atoms with Crippen LogP contribution in [0.5, 0.6) is 0 Å². The molecule has 0 aromatic carbocycles. The summed E-state index contributed by atoms with van der Waals surface area (Å²) < 4.78 is 7.37. The normalized spacial score (nSPS) is 30.2. The number of amides is 1. The Hall–Kier alpha value is -1.11. The third-order valence-electron chi connectivity index (χ3n) is 4.66. The van der Waals surface area contributed by atoms with Gasteiger partial charge in [-0.1, -0.05) is 11.6 Å². The average Bonchev–Trinajstić information content (AvgIpc) is 2.90. The van der Waals surface area contributed by atoms with Crippen LogP contribution in [0.3, 0.4) is 0 Å². The first-order valence-electron chi connectivity index (χ1n) is 7.34. The standard InChI is InChI=1S/C14H21ClN4O2/c1-21-14(6-11(16)7-14)13(20)18-4-2-12(3-5-18)19-9-10(15)8-17-19/h8-9,11-12H,2-7,16H2,1H3. The highest BCUT2D eigenvalue weighted by Crippen LogP contribution is 2.37. The molecule has 0 bridgehead atoms. The summed E-state index contributed by atoms with van der Waals surface area (Å²) in [5, 5.41) is 4.90. The fourth-order valence-corrected chi connectivity index (χ4v) is 3.50. The van der Waals surface area contributed by atoms with Crippen LogP contribution in [0.1, 0.15) is 31.7 Å². The van der Waals surface area contributed by atoms with Crippen LogP contribution in [-0.2, 0) is 9.53 Å². The number of hydrogen-bond donors (Lipinski definition) is 1. The van der Waals surface area contributed by atoms with E-state index in [0.717, 1.165) is 25.9 Å². The number of halogens is 1. The first-order valence-corrected chi connectivity index (χ1v) is 7.71. The van der Waals surface area contributed by atoms with E-state index >= 15 is 0 Å². The van der Waals surface area contributed by atoms with Crippen molar-refractivity contribution < 1.29 is 9.53 Å². The van der Waals surface area contributed by atoms with Gasteiger partial charge >= 0.3 is 0 Å². The average molecular weight is 313 g/mol. The Kier molecular flexibility index (Phi) is 3.94. The van der Waals surface area contributed by atoms with Crippen LogP contribution < -0.4 is 5.73 Å². The van der Waals surface area contributed by atoms with Gasteiger partial charge in [-0.25, -0.2) is 0 Å². The third-order valence-corrected chi connectivity index (χ3v) is 4.86. The van der Waals surface area contributed by atoms with Crippen LogP contribution in [0, 0.1) is 0 Å². The smallest absolute Gasteiger partial charge is 0.254 e. The van der Waals surface area contributed by atoms with Crippen molar-refractivity contribution in [3.05, 3.63) is 17.4 Å². The molecule has 2 heterocycles. The summed E-state index contributed by atoms with van der Waals surface area (Å²) in [4.78, 5) is 14.5. The molecule has 7 heteroatoms. The highest BCUT2D eigenvalue weighted by atomic mass is 35.5. The van der Waals surface area contributed by atoms with Gasteiger partial charge in [-0.3, -0.25) is 9.48 Å². The molecule has 1 aliphatic carbocycles. The molecule has 21 heavy (non-hydrogen) atoms. The number of carbonyl (C=O) groups excluding carboxylic acids is 1. The molecule has 116 valence electrons. The minimum atomic E-state index is -0.679. The quantitative estimate of drug-likeness (QED) is 0.910. The second kappa shape index (κ2) is 5.59. The van der Waals surface area contributed by atoms with Crippen molar-refractivity contribution in [2.75, 3.05) is 20.2 Å². The molecular formula is C14H21ClN4O2. The molecule has 0 spiro atoms. The lowest BCUT2D eigenvalue weighted by Gasteiger charge is -2.47. The fourth-order valence-electron chi connectivity index (χ4n) is 3.35. The second-order valence-electron chi connectivity index (χ2n) is 6.03. The van der Waals surface area contributed by atoms with Crippen LogP contribution in [0.2, 0.25) is 5.02 Å². The summed E-state index contributed by atoms with van der Waals surface area (Å²) in [6, 6.07) is 0.390. The summed E-state index contributed by atoms with van der Waals surface area (Å²) in [5.41, 5.74) is 5.14. The highest BCUT2D eigenvalue weighted by Gasteiger charge is 2.51. The van der Waals surface area contributed by atoms with Crippen molar-refractivity contribution in [2.24, 2.45) is 5.73 Å². The van der Waals surface area contributed by atoms with E-state index in [4.69, 9.17) is 22.1 Å². The van der Waals surface area contributed by atoms with Gasteiger partial charge in [0, 0.05) is 45.3 Å². The maximum Gasteiger partial charge on any atom is 0.254 e. The number of rotatable bonds is 3. The molecule has 1 aromatic rings. The monoisotopic (exact) mass is 312 g/mol. The Morgan fingerprint density at radius 2 is 2.14 bits per heavy atom. The lowest BCUT2D eigenvalue weighted by molar-refractivity contribution is -0.169. The first kappa shape index (κ1) is 14.8. The van der Waals surface area contributed by atoms with Gasteiger partial charge in [0.15, 0.2) is 0 Å². The Balaban J connectivity index is 1.59. The number of methoxy groups -OCH3 is 1. The van der Waals surface area contributed by atoms with Crippen molar-refractivity contribution in [3.8, 4) is 0 Å². The van der Waals surface area contributed by atoms with E-state index < -0.39 is 5.60 Å². The molecule has 1 saturated carbocycles. The van der Waals surface area contributed by atoms with Crippen molar-refractivity contribution in [1.82, 2.24) is 14.7 Å². The van der Waals surface area contributed by atoms with E-state index in [1.807, 2.05) is 15.8 Å². The van der Waals surface area contributed by atoms with Crippen molar-refractivity contribution in [3.63, 3.8) is 0 Å². The van der Waals surface area contributed by atoms with Crippen LogP contribution >= 0.6 is 11.6 Å². The van der Waals surface area contributed by atoms with E-state index in [0.29, 0.717) is 23.9 Å². The van der Waals surface area contributed by atoms with Crippen LogP contribution in [0.25, 0.3) is 0 Å². The number of aromatic nitrogens is 2. The number of likely N-dealkylation sites (tertiary alicyclic amines) is 1. The molecule has 0 atom stereocenters. The van der Waals surface area contributed by atoms with Crippen LogP contribution in [0.15, 0.2) is 12.4 Å². The first-order chi connectivity index (χ1) is 10.0. The topological polar surface area (TPSA) is 73.4 Å². The molecule has 1 aliphatic heterocycles. The van der Waals surface area contributed by atoms with Gasteiger partial charge in [-0.15, -0.1) is 0 Å². The van der Waals surface area contributed by atoms with Crippen molar-refractivity contribution in [2.45, 2.75) is 43.4 Å². The lowest BCUT2D eigenvalue weighted by atomic mass is 9.74. The zero-order chi connectivity index (χ0) is 15.0. The lowest BCUT2D eigenvalue weighted by Crippen LogP contribution is -2.62. The second-order valence-corrected chi connectivity index (χ2v) is 6.47. The zero-order valence-corrected chi connectivity index (χ0v) is 12.9. The molecule has 0 unspecified atom stereocenters. The van der Waals surface area contributed by atoms with Crippen molar-refractivity contribution >= 4 is 17.5 Å². The van der Waals surface area contributed by atoms with Gasteiger partial charge in [0.05, 0.1) is 17.3 Å². The minimum Gasteiger partial charge on any atom is -0.368 e. The number of piperidine rings is 1. The van der Waals surface area contributed by atoms with E-state index in [2.05, 4.69) is 5.10 Å². The van der Waals surface area contributed by atoms with Crippen LogP contribution in [0.4, 0.5) is 0 Å². The predicted molar refractivity (Wildman–Crippen MR) is 79.0 cm³/mol. The molecular weight excluding hydrogens is 292 g/mol. The van der Waals surface area contributed by atoms with E-state index in [9.17, 15) is 4.79 Å². The minimum absolute atomic E-state index is 0.0812. The SMILES string of the molecule is COC1(C(=O)N2CCC(n3cc(Cl)cn3)CC2)CC(N)C1. The molecule has 1 saturated heterocycles. The molecule has 2 fully saturated rings. The number of ether oxygens (including phenoxy) is 1. The van der Waals surface area contributed by atoms with Gasteiger partial charge in [-0.2, -0.15) is 5.10 Å². The summed E-state index contributed by atoms with van der Waals surface area (Å²) >= 11 is 5.90. The summed E-state index contributed by atoms with van der Waals surface area (Å²) in [7, 11) is 1.60. The molecule has 0 radical (unpaired) electrons. The van der Waals surface area contributed by atoms with Gasteiger partial charge in [0.25, 0.3) is 5.91 Å². The van der Waals surface area contributed by atoms with Gasteiger partial charge in [0.2, 0.25) is 0 Å². The molecule has 2 N–H and O–H groups in total. The predicted octanol–water partition coefficient (Wildman–Crippen LogP) is 1.21. The summed E-state index contributed by atoms with van der Waals surface area (Å²) in [6.45, 7) is 1.45. The van der Waals surface area contributed by atoms with E-state index in [-0.39, 0.29) is 11.9 Å².